The van der Waals surface area contributed by atoms with Crippen LogP contribution in [0.2, 0.25) is 0 Å². The van der Waals surface area contributed by atoms with Gasteiger partial charge in [0.25, 0.3) is 0 Å². The van der Waals surface area contributed by atoms with Crippen LogP contribution in [-0.4, -0.2) is 0 Å². The lowest BCUT2D eigenvalue weighted by Crippen LogP contribution is -2.32. The minimum absolute atomic E-state index is 0.395. The summed E-state index contributed by atoms with van der Waals surface area (Å²) < 4.78 is 0. The molecule has 3 saturated carbocycles. The van der Waals surface area contributed by atoms with Gasteiger partial charge >= 0.3 is 0 Å². The Morgan fingerprint density at radius 1 is 1.00 bits per heavy atom. The molecule has 4 rings (SSSR count). The van der Waals surface area contributed by atoms with E-state index >= 15 is 0 Å². The van der Waals surface area contributed by atoms with E-state index < -0.39 is 0 Å². The Morgan fingerprint density at radius 2 is 1.68 bits per heavy atom. The van der Waals surface area contributed by atoms with Gasteiger partial charge in [-0.1, -0.05) is 37.1 Å². The number of hydrogen-bond acceptors (Lipinski definition) is 2. The van der Waals surface area contributed by atoms with Crippen LogP contribution in [0.25, 0.3) is 0 Å². The van der Waals surface area contributed by atoms with Crippen molar-refractivity contribution in [2.24, 2.45) is 23.6 Å². The molecule has 102 valence electrons. The van der Waals surface area contributed by atoms with Crippen molar-refractivity contribution >= 4 is 0 Å². The quantitative estimate of drug-likeness (QED) is 0.639. The molecule has 3 unspecified atom stereocenters. The van der Waals surface area contributed by atoms with Gasteiger partial charge in [-0.25, -0.2) is 0 Å². The van der Waals surface area contributed by atoms with Gasteiger partial charge in [-0.05, 0) is 60.5 Å². The lowest BCUT2D eigenvalue weighted by Gasteiger charge is -2.31. The van der Waals surface area contributed by atoms with Crippen LogP contribution in [-0.2, 0) is 0 Å². The molecule has 2 nitrogen and oxygen atoms in total. The third kappa shape index (κ3) is 1.85. The molecule has 0 saturated heterocycles. The smallest absolute Gasteiger partial charge is 0.0496 e. The zero-order chi connectivity index (χ0) is 12.8. The molecule has 3 aliphatic rings. The number of rotatable bonds is 4. The summed E-state index contributed by atoms with van der Waals surface area (Å²) in [6, 6.07) is 9.42. The van der Waals surface area contributed by atoms with Crippen LogP contribution in [0.4, 0.5) is 0 Å². The standard InChI is InChI=1S/C17H24N2/c18-19-17(16-13-9-4-10-14(13)16)15-8-2-1-7-12(15)11-5-3-6-11/h1-2,7-8,11,13-14,16-17,19H,3-6,9-10,18H2. The van der Waals surface area contributed by atoms with E-state index in [9.17, 15) is 0 Å². The fourth-order valence-electron chi connectivity index (χ4n) is 4.66. The summed E-state index contributed by atoms with van der Waals surface area (Å²) >= 11 is 0. The van der Waals surface area contributed by atoms with E-state index in [4.69, 9.17) is 5.84 Å². The first-order chi connectivity index (χ1) is 9.40. The predicted molar refractivity (Wildman–Crippen MR) is 77.4 cm³/mol. The SMILES string of the molecule is NNC(c1ccccc1C1CCC1)C1C2CCCC21. The number of fused-ring (bicyclic) bond motifs is 1. The van der Waals surface area contributed by atoms with Crippen LogP contribution in [0.3, 0.4) is 0 Å². The van der Waals surface area contributed by atoms with Gasteiger partial charge in [-0.3, -0.25) is 11.3 Å². The molecule has 0 aromatic heterocycles. The summed E-state index contributed by atoms with van der Waals surface area (Å²) in [5, 5.41) is 0. The van der Waals surface area contributed by atoms with E-state index in [-0.39, 0.29) is 0 Å². The zero-order valence-electron chi connectivity index (χ0n) is 11.5. The van der Waals surface area contributed by atoms with Crippen LogP contribution >= 0.6 is 0 Å². The van der Waals surface area contributed by atoms with Gasteiger partial charge in [0.1, 0.15) is 0 Å². The van der Waals surface area contributed by atoms with E-state index in [1.54, 1.807) is 5.56 Å². The Hall–Kier alpha value is -0.860. The van der Waals surface area contributed by atoms with E-state index in [0.717, 1.165) is 23.7 Å². The topological polar surface area (TPSA) is 38.0 Å². The minimum atomic E-state index is 0.395. The van der Waals surface area contributed by atoms with Crippen LogP contribution in [0, 0.1) is 17.8 Å². The highest BCUT2D eigenvalue weighted by Gasteiger charge is 2.56. The summed E-state index contributed by atoms with van der Waals surface area (Å²) in [5.41, 5.74) is 6.22. The second kappa shape index (κ2) is 4.60. The van der Waals surface area contributed by atoms with Gasteiger partial charge in [0.15, 0.2) is 0 Å². The Balaban J connectivity index is 1.63. The number of nitrogens with one attached hydrogen (secondary N) is 1. The fourth-order valence-corrected chi connectivity index (χ4v) is 4.66. The molecule has 3 aliphatic carbocycles. The fraction of sp³-hybridized carbons (Fsp3) is 0.647. The van der Waals surface area contributed by atoms with Crippen molar-refractivity contribution in [1.29, 1.82) is 0 Å². The van der Waals surface area contributed by atoms with E-state index in [0.29, 0.717) is 6.04 Å². The van der Waals surface area contributed by atoms with Crippen molar-refractivity contribution in [3.8, 4) is 0 Å². The maximum absolute atomic E-state index is 5.93. The Bertz CT molecular complexity index is 456. The number of hydrogen-bond donors (Lipinski definition) is 2. The molecule has 2 heteroatoms. The summed E-state index contributed by atoms with van der Waals surface area (Å²) in [6.45, 7) is 0. The monoisotopic (exact) mass is 256 g/mol. The summed E-state index contributed by atoms with van der Waals surface area (Å²) in [6.07, 6.45) is 8.43. The van der Waals surface area contributed by atoms with Gasteiger partial charge in [0.2, 0.25) is 0 Å². The number of hydrazine groups is 1. The first kappa shape index (κ1) is 11.9. The van der Waals surface area contributed by atoms with Crippen LogP contribution in [0.1, 0.15) is 61.6 Å². The first-order valence-electron chi connectivity index (χ1n) is 7.95. The molecule has 1 aromatic rings. The molecule has 0 radical (unpaired) electrons. The largest absolute Gasteiger partial charge is 0.271 e. The van der Waals surface area contributed by atoms with Crippen molar-refractivity contribution in [3.63, 3.8) is 0 Å². The van der Waals surface area contributed by atoms with Crippen LogP contribution in [0.15, 0.2) is 24.3 Å². The highest BCUT2D eigenvalue weighted by atomic mass is 15.2. The highest BCUT2D eigenvalue weighted by molar-refractivity contribution is 5.36. The van der Waals surface area contributed by atoms with Gasteiger partial charge in [-0.2, -0.15) is 0 Å². The van der Waals surface area contributed by atoms with Crippen LogP contribution < -0.4 is 11.3 Å². The normalized spacial score (nSPS) is 34.7. The Kier molecular flexibility index (Phi) is 2.89. The molecule has 3 atom stereocenters. The van der Waals surface area contributed by atoms with Crippen molar-refractivity contribution < 1.29 is 0 Å². The third-order valence-corrected chi connectivity index (χ3v) is 5.91. The summed E-state index contributed by atoms with van der Waals surface area (Å²) in [7, 11) is 0. The second-order valence-corrected chi connectivity index (χ2v) is 6.74. The van der Waals surface area contributed by atoms with Crippen molar-refractivity contribution in [2.45, 2.75) is 50.5 Å². The lowest BCUT2D eigenvalue weighted by molar-refractivity contribution is 0.392. The molecular weight excluding hydrogens is 232 g/mol. The van der Waals surface area contributed by atoms with Gasteiger partial charge in [0.05, 0.1) is 0 Å². The average molecular weight is 256 g/mol. The van der Waals surface area contributed by atoms with Crippen LogP contribution in [0.5, 0.6) is 0 Å². The van der Waals surface area contributed by atoms with Crippen molar-refractivity contribution in [3.05, 3.63) is 35.4 Å². The third-order valence-electron chi connectivity index (χ3n) is 5.91. The highest BCUT2D eigenvalue weighted by Crippen LogP contribution is 2.62. The maximum atomic E-state index is 5.93. The van der Waals surface area contributed by atoms with E-state index in [2.05, 4.69) is 29.7 Å². The van der Waals surface area contributed by atoms with Crippen molar-refractivity contribution in [1.82, 2.24) is 5.43 Å². The molecular formula is C17H24N2. The molecule has 3 fully saturated rings. The lowest BCUT2D eigenvalue weighted by atomic mass is 9.76. The Labute approximate surface area is 115 Å². The molecule has 3 N–H and O–H groups in total. The number of benzene rings is 1. The molecule has 0 aliphatic heterocycles. The first-order valence-corrected chi connectivity index (χ1v) is 7.95. The second-order valence-electron chi connectivity index (χ2n) is 6.74. The summed E-state index contributed by atoms with van der Waals surface area (Å²) in [5.74, 6) is 9.44. The van der Waals surface area contributed by atoms with Crippen molar-refractivity contribution in [2.75, 3.05) is 0 Å². The molecule has 0 amide bonds. The van der Waals surface area contributed by atoms with Gasteiger partial charge in [0, 0.05) is 6.04 Å². The van der Waals surface area contributed by atoms with E-state index in [1.165, 1.54) is 44.1 Å². The molecule has 0 spiro atoms. The summed E-state index contributed by atoms with van der Waals surface area (Å²) in [4.78, 5) is 0. The number of nitrogens with two attached hydrogens (primary N) is 1. The minimum Gasteiger partial charge on any atom is -0.271 e. The molecule has 19 heavy (non-hydrogen) atoms. The average Bonchev–Trinajstić information content (AvgIpc) is 2.84. The van der Waals surface area contributed by atoms with E-state index in [1.807, 2.05) is 0 Å². The molecule has 0 bridgehead atoms. The zero-order valence-corrected chi connectivity index (χ0v) is 11.5. The maximum Gasteiger partial charge on any atom is 0.0496 e. The van der Waals surface area contributed by atoms with Gasteiger partial charge in [-0.15, -0.1) is 0 Å². The van der Waals surface area contributed by atoms with Gasteiger partial charge < -0.3 is 0 Å². The Morgan fingerprint density at radius 3 is 2.32 bits per heavy atom. The molecule has 0 heterocycles. The predicted octanol–water partition coefficient (Wildman–Crippen LogP) is 3.50. The molecule has 1 aromatic carbocycles.